The third-order valence-corrected chi connectivity index (χ3v) is 4.57. The first-order valence-electron chi connectivity index (χ1n) is 9.66. The highest BCUT2D eigenvalue weighted by molar-refractivity contribution is 5.51. The molecule has 0 fully saturated rings. The van der Waals surface area contributed by atoms with Gasteiger partial charge in [0, 0.05) is 25.6 Å². The van der Waals surface area contributed by atoms with E-state index in [1.54, 1.807) is 0 Å². The Kier molecular flexibility index (Phi) is 13.9. The lowest BCUT2D eigenvalue weighted by Crippen LogP contribution is -2.37. The average molecular weight is 337 g/mol. The van der Waals surface area contributed by atoms with Crippen LogP contribution in [-0.2, 0) is 4.79 Å². The minimum absolute atomic E-state index is 0.314. The maximum atomic E-state index is 11.0. The molecule has 0 saturated carbocycles. The van der Waals surface area contributed by atoms with Crippen molar-refractivity contribution < 1.29 is 4.79 Å². The number of hydrogen-bond donors (Lipinski definition) is 1. The molecule has 0 saturated heterocycles. The summed E-state index contributed by atoms with van der Waals surface area (Å²) in [4.78, 5) is 13.5. The molecular weight excluding hydrogens is 296 g/mol. The van der Waals surface area contributed by atoms with Crippen molar-refractivity contribution in [3.63, 3.8) is 0 Å². The van der Waals surface area contributed by atoms with Crippen molar-refractivity contribution in [2.45, 2.75) is 66.8 Å². The molecule has 0 aromatic carbocycles. The molecular formula is C21H40N2O. The second-order valence-electron chi connectivity index (χ2n) is 7.10. The summed E-state index contributed by atoms with van der Waals surface area (Å²) in [5.41, 5.74) is 1.27. The van der Waals surface area contributed by atoms with Gasteiger partial charge in [0.2, 0.25) is 0 Å². The maximum absolute atomic E-state index is 11.0. The smallest absolute Gasteiger partial charge is 0.120 e. The Morgan fingerprint density at radius 1 is 1.17 bits per heavy atom. The summed E-state index contributed by atoms with van der Waals surface area (Å²) < 4.78 is 0. The number of hydrogen-bond acceptors (Lipinski definition) is 3. The Bertz CT molecular complexity index is 374. The van der Waals surface area contributed by atoms with Gasteiger partial charge in [0.15, 0.2) is 0 Å². The van der Waals surface area contributed by atoms with Crippen LogP contribution >= 0.6 is 0 Å². The van der Waals surface area contributed by atoms with Crippen LogP contribution in [-0.4, -0.2) is 43.4 Å². The number of allylic oxidation sites excluding steroid dienone is 4. The molecule has 0 spiro atoms. The van der Waals surface area contributed by atoms with Gasteiger partial charge in [0.1, 0.15) is 6.29 Å². The predicted octanol–water partition coefficient (Wildman–Crippen LogP) is 4.45. The molecule has 0 aromatic heterocycles. The molecule has 1 N–H and O–H groups in total. The molecule has 2 atom stereocenters. The third-order valence-electron chi connectivity index (χ3n) is 4.57. The van der Waals surface area contributed by atoms with Crippen LogP contribution in [0.5, 0.6) is 0 Å². The Morgan fingerprint density at radius 3 is 2.38 bits per heavy atom. The fraction of sp³-hybridized carbons (Fsp3) is 0.762. The van der Waals surface area contributed by atoms with Crippen LogP contribution in [0.2, 0.25) is 0 Å². The van der Waals surface area contributed by atoms with Crippen LogP contribution in [0.15, 0.2) is 23.8 Å². The van der Waals surface area contributed by atoms with Gasteiger partial charge >= 0.3 is 0 Å². The van der Waals surface area contributed by atoms with Crippen molar-refractivity contribution in [2.24, 2.45) is 11.8 Å². The minimum Gasteiger partial charge on any atom is -0.313 e. The van der Waals surface area contributed by atoms with Crippen LogP contribution < -0.4 is 5.32 Å². The third kappa shape index (κ3) is 10.8. The van der Waals surface area contributed by atoms with Crippen molar-refractivity contribution in [3.05, 3.63) is 23.8 Å². The molecule has 24 heavy (non-hydrogen) atoms. The van der Waals surface area contributed by atoms with Crippen LogP contribution in [0.3, 0.4) is 0 Å². The number of aldehydes is 1. The topological polar surface area (TPSA) is 32.3 Å². The predicted molar refractivity (Wildman–Crippen MR) is 106 cm³/mol. The van der Waals surface area contributed by atoms with Crippen LogP contribution in [0, 0.1) is 11.8 Å². The molecule has 0 amide bonds. The summed E-state index contributed by atoms with van der Waals surface area (Å²) in [7, 11) is 0. The summed E-state index contributed by atoms with van der Waals surface area (Å²) in [6.45, 7) is 17.5. The molecule has 2 unspecified atom stereocenters. The van der Waals surface area contributed by atoms with E-state index in [0.29, 0.717) is 18.4 Å². The SMILES string of the molecule is C/C=C\C(=C/C)C(CC=O)CC(C)NCCN(CC)CCC(C)C. The zero-order chi connectivity index (χ0) is 18.4. The highest BCUT2D eigenvalue weighted by Gasteiger charge is 2.15. The quantitative estimate of drug-likeness (QED) is 0.376. The van der Waals surface area contributed by atoms with Crippen molar-refractivity contribution >= 4 is 6.29 Å². The van der Waals surface area contributed by atoms with Crippen LogP contribution in [0.25, 0.3) is 0 Å². The first-order valence-corrected chi connectivity index (χ1v) is 9.66. The highest BCUT2D eigenvalue weighted by atomic mass is 16.1. The average Bonchev–Trinajstić information content (AvgIpc) is 2.55. The van der Waals surface area contributed by atoms with E-state index in [4.69, 9.17) is 0 Å². The normalized spacial score (nSPS) is 15.4. The van der Waals surface area contributed by atoms with E-state index >= 15 is 0 Å². The van der Waals surface area contributed by atoms with E-state index in [9.17, 15) is 4.79 Å². The van der Waals surface area contributed by atoms with E-state index in [0.717, 1.165) is 38.3 Å². The van der Waals surface area contributed by atoms with Crippen molar-refractivity contribution in [1.29, 1.82) is 0 Å². The first kappa shape index (κ1) is 23.1. The molecule has 0 aromatic rings. The van der Waals surface area contributed by atoms with Gasteiger partial charge in [-0.25, -0.2) is 0 Å². The summed E-state index contributed by atoms with van der Waals surface area (Å²) >= 11 is 0. The summed E-state index contributed by atoms with van der Waals surface area (Å²) in [5, 5.41) is 3.64. The van der Waals surface area contributed by atoms with Gasteiger partial charge in [-0.3, -0.25) is 0 Å². The number of likely N-dealkylation sites (N-methyl/N-ethyl adjacent to an activating group) is 1. The number of nitrogens with one attached hydrogen (secondary N) is 1. The molecule has 0 aliphatic rings. The molecule has 0 aliphatic heterocycles. The van der Waals surface area contributed by atoms with Gasteiger partial charge in [-0.2, -0.15) is 0 Å². The standard InChI is InChI=1S/C21H40N2O/c1-7-10-20(8-2)21(12-16-24)17-19(6)22-13-15-23(9-3)14-11-18(4)5/h7-8,10,16,18-19,21-22H,9,11-15,17H2,1-6H3/b10-7-,20-8+. The first-order chi connectivity index (χ1) is 11.5. The Hall–Kier alpha value is -0.930. The molecule has 0 bridgehead atoms. The van der Waals surface area contributed by atoms with E-state index in [2.05, 4.69) is 63.1 Å². The summed E-state index contributed by atoms with van der Waals surface area (Å²) in [6, 6.07) is 0.416. The second kappa shape index (κ2) is 14.4. The maximum Gasteiger partial charge on any atom is 0.120 e. The second-order valence-corrected chi connectivity index (χ2v) is 7.10. The van der Waals surface area contributed by atoms with E-state index in [1.807, 2.05) is 6.92 Å². The minimum atomic E-state index is 0.314. The number of rotatable bonds is 14. The largest absolute Gasteiger partial charge is 0.313 e. The Balaban J connectivity index is 4.33. The number of carbonyl (C=O) groups is 1. The number of carbonyl (C=O) groups excluding carboxylic acids is 1. The molecule has 0 heterocycles. The van der Waals surface area contributed by atoms with Gasteiger partial charge in [-0.15, -0.1) is 0 Å². The number of nitrogens with zero attached hydrogens (tertiary/aromatic N) is 1. The lowest BCUT2D eigenvalue weighted by atomic mass is 9.89. The molecule has 3 nitrogen and oxygen atoms in total. The Morgan fingerprint density at radius 2 is 1.88 bits per heavy atom. The van der Waals surface area contributed by atoms with Gasteiger partial charge in [-0.1, -0.05) is 39.0 Å². The zero-order valence-corrected chi connectivity index (χ0v) is 16.8. The Labute approximate surface area is 150 Å². The molecule has 3 heteroatoms. The monoisotopic (exact) mass is 336 g/mol. The molecule has 0 rings (SSSR count). The van der Waals surface area contributed by atoms with Gasteiger partial charge in [-0.05, 0) is 64.1 Å². The molecule has 140 valence electrons. The van der Waals surface area contributed by atoms with Crippen LogP contribution in [0.1, 0.15) is 60.8 Å². The lowest BCUT2D eigenvalue weighted by Gasteiger charge is -2.25. The summed E-state index contributed by atoms with van der Waals surface area (Å²) in [6.07, 6.45) is 10.2. The van der Waals surface area contributed by atoms with Crippen molar-refractivity contribution in [3.8, 4) is 0 Å². The van der Waals surface area contributed by atoms with E-state index in [1.165, 1.54) is 18.5 Å². The van der Waals surface area contributed by atoms with Gasteiger partial charge in [0.25, 0.3) is 0 Å². The molecule has 0 radical (unpaired) electrons. The van der Waals surface area contributed by atoms with Crippen molar-refractivity contribution in [2.75, 3.05) is 26.2 Å². The summed E-state index contributed by atoms with van der Waals surface area (Å²) in [5.74, 6) is 1.08. The van der Waals surface area contributed by atoms with Crippen LogP contribution in [0.4, 0.5) is 0 Å². The van der Waals surface area contributed by atoms with Crippen molar-refractivity contribution in [1.82, 2.24) is 10.2 Å². The van der Waals surface area contributed by atoms with Gasteiger partial charge < -0.3 is 15.0 Å². The molecule has 0 aliphatic carbocycles. The van der Waals surface area contributed by atoms with E-state index < -0.39 is 0 Å². The fourth-order valence-corrected chi connectivity index (χ4v) is 2.99. The van der Waals surface area contributed by atoms with Gasteiger partial charge in [0.05, 0.1) is 0 Å². The zero-order valence-electron chi connectivity index (χ0n) is 16.8. The fourth-order valence-electron chi connectivity index (χ4n) is 2.99. The highest BCUT2D eigenvalue weighted by Crippen LogP contribution is 2.21. The van der Waals surface area contributed by atoms with E-state index in [-0.39, 0.29) is 0 Å². The lowest BCUT2D eigenvalue weighted by molar-refractivity contribution is -0.108.